The number of H-pyrrole nitrogens is 1. The van der Waals surface area contributed by atoms with Crippen molar-refractivity contribution < 1.29 is 9.47 Å². The van der Waals surface area contributed by atoms with Crippen molar-refractivity contribution in [2.45, 2.75) is 13.8 Å². The van der Waals surface area contributed by atoms with E-state index in [-0.39, 0.29) is 6.79 Å². The number of fused-ring (bicyclic) bond motifs is 1. The molecule has 0 bridgehead atoms. The zero-order valence-corrected chi connectivity index (χ0v) is 16.1. The lowest BCUT2D eigenvalue weighted by Gasteiger charge is -2.22. The Morgan fingerprint density at radius 3 is 2.72 bits per heavy atom. The molecule has 7 nitrogen and oxygen atoms in total. The number of hydrogen-bond acceptors (Lipinski definition) is 6. The first kappa shape index (κ1) is 17.2. The number of nitrogens with zero attached hydrogens (tertiary/aromatic N) is 4. The van der Waals surface area contributed by atoms with Gasteiger partial charge in [0, 0.05) is 5.56 Å². The zero-order chi connectivity index (χ0) is 19.8. The van der Waals surface area contributed by atoms with E-state index < -0.39 is 0 Å². The molecule has 1 aliphatic rings. The highest BCUT2D eigenvalue weighted by atomic mass is 16.7. The summed E-state index contributed by atoms with van der Waals surface area (Å²) in [5.41, 5.74) is 5.84. The van der Waals surface area contributed by atoms with Crippen LogP contribution in [0.3, 0.4) is 0 Å². The predicted octanol–water partition coefficient (Wildman–Crippen LogP) is 4.58. The molecule has 3 heterocycles. The van der Waals surface area contributed by atoms with Crippen molar-refractivity contribution >= 4 is 22.5 Å². The molecular weight excluding hydrogens is 366 g/mol. The quantitative estimate of drug-likeness (QED) is 0.554. The van der Waals surface area contributed by atoms with E-state index in [9.17, 15) is 0 Å². The molecule has 0 fully saturated rings. The van der Waals surface area contributed by atoms with E-state index in [1.54, 1.807) is 12.5 Å². The lowest BCUT2D eigenvalue weighted by molar-refractivity contribution is 0.0797. The molecule has 4 aromatic rings. The molecule has 2 aromatic carbocycles. The Balaban J connectivity index is 1.77. The van der Waals surface area contributed by atoms with Gasteiger partial charge in [-0.25, -0.2) is 0 Å². The monoisotopic (exact) mass is 385 g/mol. The van der Waals surface area contributed by atoms with Crippen LogP contribution in [0.15, 0.2) is 66.9 Å². The highest BCUT2D eigenvalue weighted by molar-refractivity contribution is 6.02. The first-order chi connectivity index (χ1) is 14.2. The first-order valence-corrected chi connectivity index (χ1v) is 9.29. The molecule has 2 aromatic heterocycles. The fourth-order valence-electron chi connectivity index (χ4n) is 3.57. The Morgan fingerprint density at radius 1 is 1.03 bits per heavy atom. The fourth-order valence-corrected chi connectivity index (χ4v) is 3.57. The topological polar surface area (TPSA) is 76.2 Å². The number of nitrogens with one attached hydrogen (secondary N) is 1. The van der Waals surface area contributed by atoms with Crippen LogP contribution in [0.5, 0.6) is 0 Å². The number of ether oxygens (including phenoxy) is 2. The van der Waals surface area contributed by atoms with Crippen LogP contribution in [0.25, 0.3) is 22.2 Å². The van der Waals surface area contributed by atoms with E-state index in [4.69, 9.17) is 9.47 Å². The average Bonchev–Trinajstić information content (AvgIpc) is 3.40. The highest BCUT2D eigenvalue weighted by Gasteiger charge is 2.26. The van der Waals surface area contributed by atoms with Gasteiger partial charge in [-0.1, -0.05) is 36.4 Å². The molecule has 0 saturated carbocycles. The van der Waals surface area contributed by atoms with Crippen LogP contribution in [0.1, 0.15) is 11.1 Å². The third kappa shape index (κ3) is 2.97. The normalized spacial score (nSPS) is 13.1. The number of anilines is 2. The highest BCUT2D eigenvalue weighted by Crippen LogP contribution is 2.39. The summed E-state index contributed by atoms with van der Waals surface area (Å²) in [4.78, 5) is 1.93. The molecule has 0 amide bonds. The molecule has 1 aliphatic heterocycles. The lowest BCUT2D eigenvalue weighted by atomic mass is 10.00. The van der Waals surface area contributed by atoms with Gasteiger partial charge in [0.1, 0.15) is 6.26 Å². The Kier molecular flexibility index (Phi) is 4.13. The van der Waals surface area contributed by atoms with Crippen molar-refractivity contribution in [3.05, 3.63) is 78.0 Å². The molecule has 5 rings (SSSR count). The van der Waals surface area contributed by atoms with E-state index in [0.29, 0.717) is 17.3 Å². The zero-order valence-electron chi connectivity index (χ0n) is 16.1. The van der Waals surface area contributed by atoms with Gasteiger partial charge >= 0.3 is 0 Å². The van der Waals surface area contributed by atoms with Crippen LogP contribution in [0, 0.1) is 13.8 Å². The SMILES string of the molecule is Cc1cccc(N(C2=COCO2)c2n[nH]c3nncc(-c4ccccc4C)c23)c1. The summed E-state index contributed by atoms with van der Waals surface area (Å²) in [6.45, 7) is 4.30. The maximum absolute atomic E-state index is 5.73. The van der Waals surface area contributed by atoms with Crippen molar-refractivity contribution in [2.24, 2.45) is 0 Å². The second-order valence-electron chi connectivity index (χ2n) is 6.90. The standard InChI is InChI=1S/C22H19N5O2/c1-14-6-5-8-16(10-14)27(19-12-28-13-29-19)22-20-18(11-23-24-21(20)25-26-22)17-9-4-3-7-15(17)2/h3-12H,13H2,1-2H3,(H,24,25,26). The lowest BCUT2D eigenvalue weighted by Crippen LogP contribution is -2.17. The number of aromatic amines is 1. The fraction of sp³-hybridized carbons (Fsp3) is 0.136. The molecule has 0 unspecified atom stereocenters. The molecule has 0 radical (unpaired) electrons. The van der Waals surface area contributed by atoms with Crippen LogP contribution in [-0.2, 0) is 9.47 Å². The van der Waals surface area contributed by atoms with Crippen LogP contribution in [0.4, 0.5) is 11.5 Å². The van der Waals surface area contributed by atoms with Gasteiger partial charge in [-0.2, -0.15) is 10.2 Å². The Labute approximate surface area is 167 Å². The molecule has 0 saturated heterocycles. The van der Waals surface area contributed by atoms with Gasteiger partial charge in [-0.3, -0.25) is 10.00 Å². The summed E-state index contributed by atoms with van der Waals surface area (Å²) in [7, 11) is 0. The van der Waals surface area contributed by atoms with Gasteiger partial charge in [0.25, 0.3) is 0 Å². The molecule has 144 valence electrons. The van der Waals surface area contributed by atoms with Crippen LogP contribution >= 0.6 is 0 Å². The Bertz CT molecular complexity index is 1230. The second kappa shape index (κ2) is 6.94. The van der Waals surface area contributed by atoms with Crippen molar-refractivity contribution in [3.63, 3.8) is 0 Å². The maximum Gasteiger partial charge on any atom is 0.238 e. The maximum atomic E-state index is 5.73. The molecule has 0 aliphatic carbocycles. The van der Waals surface area contributed by atoms with Crippen molar-refractivity contribution in [1.82, 2.24) is 20.4 Å². The number of aryl methyl sites for hydroxylation is 2. The van der Waals surface area contributed by atoms with Gasteiger partial charge in [-0.15, -0.1) is 5.10 Å². The number of aromatic nitrogens is 4. The summed E-state index contributed by atoms with van der Waals surface area (Å²) in [6, 6.07) is 16.3. The summed E-state index contributed by atoms with van der Waals surface area (Å²) < 4.78 is 11.1. The Morgan fingerprint density at radius 2 is 1.93 bits per heavy atom. The molecule has 29 heavy (non-hydrogen) atoms. The van der Waals surface area contributed by atoms with Crippen molar-refractivity contribution in [2.75, 3.05) is 11.7 Å². The number of hydrogen-bond donors (Lipinski definition) is 1. The van der Waals surface area contributed by atoms with Crippen LogP contribution in [-0.4, -0.2) is 27.2 Å². The third-order valence-corrected chi connectivity index (χ3v) is 4.93. The van der Waals surface area contributed by atoms with Gasteiger partial charge in [-0.05, 0) is 42.7 Å². The van der Waals surface area contributed by atoms with Gasteiger partial charge in [0.2, 0.25) is 12.7 Å². The van der Waals surface area contributed by atoms with Crippen LogP contribution < -0.4 is 4.90 Å². The number of rotatable bonds is 4. The molecule has 7 heteroatoms. The third-order valence-electron chi connectivity index (χ3n) is 4.93. The minimum Gasteiger partial charge on any atom is -0.459 e. The summed E-state index contributed by atoms with van der Waals surface area (Å²) >= 11 is 0. The van der Waals surface area contributed by atoms with E-state index in [2.05, 4.69) is 58.5 Å². The van der Waals surface area contributed by atoms with Gasteiger partial charge < -0.3 is 9.47 Å². The average molecular weight is 385 g/mol. The molecular formula is C22H19N5O2. The van der Waals surface area contributed by atoms with Crippen molar-refractivity contribution in [1.29, 1.82) is 0 Å². The van der Waals surface area contributed by atoms with Crippen LogP contribution in [0.2, 0.25) is 0 Å². The number of benzene rings is 2. The molecule has 0 atom stereocenters. The van der Waals surface area contributed by atoms with E-state index in [0.717, 1.165) is 33.3 Å². The summed E-state index contributed by atoms with van der Waals surface area (Å²) in [5, 5.41) is 16.9. The van der Waals surface area contributed by atoms with E-state index >= 15 is 0 Å². The summed E-state index contributed by atoms with van der Waals surface area (Å²) in [5.74, 6) is 1.24. The van der Waals surface area contributed by atoms with Crippen molar-refractivity contribution in [3.8, 4) is 11.1 Å². The molecule has 0 spiro atoms. The predicted molar refractivity (Wildman–Crippen MR) is 110 cm³/mol. The van der Waals surface area contributed by atoms with E-state index in [1.807, 2.05) is 29.2 Å². The minimum atomic E-state index is 0.171. The minimum absolute atomic E-state index is 0.171. The Hall–Kier alpha value is -3.87. The first-order valence-electron chi connectivity index (χ1n) is 9.29. The second-order valence-corrected chi connectivity index (χ2v) is 6.90. The smallest absolute Gasteiger partial charge is 0.238 e. The van der Waals surface area contributed by atoms with Gasteiger partial charge in [0.15, 0.2) is 11.5 Å². The molecule has 1 N–H and O–H groups in total. The van der Waals surface area contributed by atoms with Gasteiger partial charge in [0.05, 0.1) is 17.3 Å². The largest absolute Gasteiger partial charge is 0.459 e. The van der Waals surface area contributed by atoms with E-state index in [1.165, 1.54) is 0 Å². The summed E-state index contributed by atoms with van der Waals surface area (Å²) in [6.07, 6.45) is 3.38.